The number of hydrogen-bond acceptors (Lipinski definition) is 5. The van der Waals surface area contributed by atoms with Crippen LogP contribution in [0, 0.1) is 0 Å². The molecule has 3 atom stereocenters. The average Bonchev–Trinajstić information content (AvgIpc) is 2.64. The zero-order valence-electron chi connectivity index (χ0n) is 17.1. The molecule has 0 heterocycles. The maximum atomic E-state index is 5.98. The monoisotopic (exact) mass is 381 g/mol. The lowest BCUT2D eigenvalue weighted by atomic mass is 10.0. The molecule has 5 nitrogen and oxygen atoms in total. The second-order valence-electron chi connectivity index (χ2n) is 6.84. The van der Waals surface area contributed by atoms with E-state index < -0.39 is 0 Å². The molecule has 6 heteroatoms. The van der Waals surface area contributed by atoms with Gasteiger partial charge in [0.05, 0.1) is 0 Å². The number of rotatable bonds is 12. The van der Waals surface area contributed by atoms with E-state index in [1.54, 1.807) is 0 Å². The van der Waals surface area contributed by atoms with Crippen LogP contribution in [0.2, 0.25) is 5.02 Å². The van der Waals surface area contributed by atoms with E-state index in [4.69, 9.17) is 11.6 Å². The molecule has 0 amide bonds. The van der Waals surface area contributed by atoms with Crippen LogP contribution in [0.3, 0.4) is 0 Å². The Balaban J connectivity index is 2.49. The third-order valence-corrected chi connectivity index (χ3v) is 4.95. The summed E-state index contributed by atoms with van der Waals surface area (Å²) in [5.41, 5.74) is 9.05. The van der Waals surface area contributed by atoms with Gasteiger partial charge in [-0.25, -0.2) is 10.4 Å². The van der Waals surface area contributed by atoms with Crippen LogP contribution >= 0.6 is 11.6 Å². The Kier molecular flexibility index (Phi) is 10.9. The predicted molar refractivity (Wildman–Crippen MR) is 114 cm³/mol. The molecule has 0 fully saturated rings. The predicted octanol–water partition coefficient (Wildman–Crippen LogP) is 3.80. The van der Waals surface area contributed by atoms with Gasteiger partial charge < -0.3 is 10.6 Å². The lowest BCUT2D eigenvalue weighted by molar-refractivity contribution is 0.165. The number of benzene rings is 1. The van der Waals surface area contributed by atoms with E-state index in [2.05, 4.69) is 74.3 Å². The van der Waals surface area contributed by atoms with Gasteiger partial charge in [-0.3, -0.25) is 0 Å². The Morgan fingerprint density at radius 1 is 1.19 bits per heavy atom. The molecule has 0 radical (unpaired) electrons. The lowest BCUT2D eigenvalue weighted by Crippen LogP contribution is -2.55. The van der Waals surface area contributed by atoms with Crippen LogP contribution in [-0.2, 0) is 0 Å². The van der Waals surface area contributed by atoms with Crippen molar-refractivity contribution in [1.29, 1.82) is 0 Å². The fourth-order valence-electron chi connectivity index (χ4n) is 2.58. The van der Waals surface area contributed by atoms with Crippen LogP contribution in [0.5, 0.6) is 0 Å². The molecule has 0 bridgehead atoms. The Hall–Kier alpha value is -1.11. The third-order valence-electron chi connectivity index (χ3n) is 4.70. The second-order valence-corrected chi connectivity index (χ2v) is 7.27. The van der Waals surface area contributed by atoms with Crippen molar-refractivity contribution in [2.24, 2.45) is 0 Å². The molecule has 26 heavy (non-hydrogen) atoms. The fraction of sp³-hybridized carbons (Fsp3) is 0.600. The summed E-state index contributed by atoms with van der Waals surface area (Å²) < 4.78 is 0. The number of likely N-dealkylation sites (N-methyl/N-ethyl adjacent to an activating group) is 1. The van der Waals surface area contributed by atoms with Crippen LogP contribution in [0.15, 0.2) is 35.9 Å². The third kappa shape index (κ3) is 8.52. The summed E-state index contributed by atoms with van der Waals surface area (Å²) in [6.07, 6.45) is 3.15. The number of anilines is 1. The van der Waals surface area contributed by atoms with Gasteiger partial charge in [0.25, 0.3) is 0 Å². The molecule has 4 N–H and O–H groups in total. The van der Waals surface area contributed by atoms with Crippen molar-refractivity contribution in [3.63, 3.8) is 0 Å². The number of hydrazine groups is 2. The molecule has 1 rings (SSSR count). The Morgan fingerprint density at radius 3 is 2.42 bits per heavy atom. The van der Waals surface area contributed by atoms with Crippen LogP contribution in [0.4, 0.5) is 5.69 Å². The number of halogens is 1. The summed E-state index contributed by atoms with van der Waals surface area (Å²) in [6, 6.07) is 8.89. The Labute approximate surface area is 164 Å². The van der Waals surface area contributed by atoms with Crippen molar-refractivity contribution >= 4 is 17.3 Å². The van der Waals surface area contributed by atoms with Crippen LogP contribution in [0.25, 0.3) is 0 Å². The van der Waals surface area contributed by atoms with E-state index in [9.17, 15) is 0 Å². The molecule has 0 saturated heterocycles. The molecular weight excluding hydrogens is 346 g/mol. The summed E-state index contributed by atoms with van der Waals surface area (Å²) in [5.74, 6) is 0. The fourth-order valence-corrected chi connectivity index (χ4v) is 2.70. The molecule has 0 aliphatic rings. The van der Waals surface area contributed by atoms with Crippen LogP contribution in [-0.4, -0.2) is 43.3 Å². The van der Waals surface area contributed by atoms with Crippen molar-refractivity contribution < 1.29 is 0 Å². The van der Waals surface area contributed by atoms with Gasteiger partial charge >= 0.3 is 0 Å². The number of allylic oxidation sites excluding steroid dienone is 1. The van der Waals surface area contributed by atoms with E-state index in [-0.39, 0.29) is 6.04 Å². The first kappa shape index (κ1) is 22.9. The summed E-state index contributed by atoms with van der Waals surface area (Å²) in [4.78, 5) is 0. The second kappa shape index (κ2) is 12.3. The van der Waals surface area contributed by atoms with E-state index in [1.165, 1.54) is 5.57 Å². The molecule has 148 valence electrons. The van der Waals surface area contributed by atoms with E-state index in [1.807, 2.05) is 24.3 Å². The molecule has 0 spiro atoms. The lowest BCUT2D eigenvalue weighted by Gasteiger charge is -2.28. The molecule has 0 saturated carbocycles. The summed E-state index contributed by atoms with van der Waals surface area (Å²) in [6.45, 7) is 12.6. The average molecular weight is 382 g/mol. The summed E-state index contributed by atoms with van der Waals surface area (Å²) >= 11 is 5.98. The molecule has 0 aromatic heterocycles. The molecule has 0 aliphatic carbocycles. The minimum Gasteiger partial charge on any atom is -0.379 e. The SMILES string of the molecule is C/C=C(\C)C(CCN(C)NN[C@@H](C)C(C)NCC)Nc1ccc(Cl)cc1. The van der Waals surface area contributed by atoms with Crippen molar-refractivity contribution in [2.75, 3.05) is 25.5 Å². The maximum absolute atomic E-state index is 5.98. The highest BCUT2D eigenvalue weighted by Gasteiger charge is 2.13. The largest absolute Gasteiger partial charge is 0.379 e. The van der Waals surface area contributed by atoms with Crippen LogP contribution in [0.1, 0.15) is 41.0 Å². The van der Waals surface area contributed by atoms with Gasteiger partial charge in [-0.15, -0.1) is 0 Å². The number of nitrogens with zero attached hydrogens (tertiary/aromatic N) is 1. The van der Waals surface area contributed by atoms with Gasteiger partial charge in [0.15, 0.2) is 0 Å². The zero-order chi connectivity index (χ0) is 19.5. The van der Waals surface area contributed by atoms with Gasteiger partial charge in [0.2, 0.25) is 0 Å². The Morgan fingerprint density at radius 2 is 1.85 bits per heavy atom. The molecular formula is C20H36ClN5. The standard InChI is InChI=1S/C20H36ClN5/c1-7-15(3)20(23-19-11-9-18(21)10-12-19)13-14-26(6)25-24-17(5)16(4)22-8-2/h7,9-12,16-17,20,22-25H,8,13-14H2,1-6H3/b15-7+/t16?,17-,20?/m0/s1. The van der Waals surface area contributed by atoms with E-state index >= 15 is 0 Å². The van der Waals surface area contributed by atoms with Crippen molar-refractivity contribution in [2.45, 2.75) is 59.2 Å². The normalized spacial score (nSPS) is 15.8. The van der Waals surface area contributed by atoms with E-state index in [0.29, 0.717) is 12.1 Å². The van der Waals surface area contributed by atoms with Gasteiger partial charge in [-0.1, -0.05) is 30.2 Å². The molecule has 1 aromatic carbocycles. The first-order chi connectivity index (χ1) is 12.4. The van der Waals surface area contributed by atoms with Crippen molar-refractivity contribution in [1.82, 2.24) is 21.3 Å². The Bertz CT molecular complexity index is 532. The summed E-state index contributed by atoms with van der Waals surface area (Å²) in [7, 11) is 2.06. The van der Waals surface area contributed by atoms with Gasteiger partial charge in [-0.05, 0) is 64.9 Å². The quantitative estimate of drug-likeness (QED) is 0.327. The number of nitrogens with one attached hydrogen (secondary N) is 4. The highest BCUT2D eigenvalue weighted by Crippen LogP contribution is 2.18. The molecule has 0 aliphatic heterocycles. The smallest absolute Gasteiger partial charge is 0.0483 e. The zero-order valence-corrected chi connectivity index (χ0v) is 17.8. The van der Waals surface area contributed by atoms with Crippen molar-refractivity contribution in [3.05, 3.63) is 40.9 Å². The van der Waals surface area contributed by atoms with Crippen molar-refractivity contribution in [3.8, 4) is 0 Å². The highest BCUT2D eigenvalue weighted by atomic mass is 35.5. The number of hydrogen-bond donors (Lipinski definition) is 4. The van der Waals surface area contributed by atoms with Gasteiger partial charge in [-0.2, -0.15) is 5.53 Å². The first-order valence-corrected chi connectivity index (χ1v) is 9.85. The summed E-state index contributed by atoms with van der Waals surface area (Å²) in [5, 5.41) is 9.87. The molecule has 2 unspecified atom stereocenters. The first-order valence-electron chi connectivity index (χ1n) is 9.48. The minimum absolute atomic E-state index is 0.281. The highest BCUT2D eigenvalue weighted by molar-refractivity contribution is 6.30. The van der Waals surface area contributed by atoms with Crippen LogP contribution < -0.4 is 21.6 Å². The van der Waals surface area contributed by atoms with E-state index in [0.717, 1.165) is 30.2 Å². The minimum atomic E-state index is 0.281. The van der Waals surface area contributed by atoms with Gasteiger partial charge in [0, 0.05) is 42.4 Å². The topological polar surface area (TPSA) is 51.4 Å². The van der Waals surface area contributed by atoms with Gasteiger partial charge in [0.1, 0.15) is 0 Å². The maximum Gasteiger partial charge on any atom is 0.0483 e. The molecule has 1 aromatic rings.